The lowest BCUT2D eigenvalue weighted by molar-refractivity contribution is 0.507. The van der Waals surface area contributed by atoms with Crippen molar-refractivity contribution in [2.45, 2.75) is 44.9 Å². The van der Waals surface area contributed by atoms with Gasteiger partial charge in [-0.25, -0.2) is 0 Å². The summed E-state index contributed by atoms with van der Waals surface area (Å²) in [6.07, 6.45) is 12.5. The first-order valence-corrected chi connectivity index (χ1v) is 7.78. The van der Waals surface area contributed by atoms with Gasteiger partial charge >= 0.3 is 0 Å². The first-order chi connectivity index (χ1) is 10.1. The molecule has 0 spiro atoms. The Balaban J connectivity index is 2.52. The second-order valence-corrected chi connectivity index (χ2v) is 6.09. The van der Waals surface area contributed by atoms with Crippen LogP contribution in [0.4, 0.5) is 0 Å². The van der Waals surface area contributed by atoms with E-state index in [1.807, 2.05) is 12.2 Å². The molecule has 0 saturated heterocycles. The summed E-state index contributed by atoms with van der Waals surface area (Å²) in [5.74, 6) is 0. The predicted octanol–water partition coefficient (Wildman–Crippen LogP) is 5.38. The van der Waals surface area contributed by atoms with Crippen LogP contribution in [0.1, 0.15) is 44.2 Å². The van der Waals surface area contributed by atoms with E-state index in [4.69, 9.17) is 5.41 Å². The van der Waals surface area contributed by atoms with Crippen LogP contribution in [0.25, 0.3) is 0 Å². The topological polar surface area (TPSA) is 23.9 Å². The van der Waals surface area contributed by atoms with Gasteiger partial charge in [0.2, 0.25) is 0 Å². The highest BCUT2D eigenvalue weighted by Crippen LogP contribution is 2.35. The Bertz CT molecular complexity index is 592. The van der Waals surface area contributed by atoms with E-state index in [1.165, 1.54) is 24.0 Å². The Morgan fingerprint density at radius 2 is 2.00 bits per heavy atom. The first kappa shape index (κ1) is 15.5. The molecule has 1 unspecified atom stereocenters. The molecule has 1 aromatic carbocycles. The summed E-state index contributed by atoms with van der Waals surface area (Å²) in [4.78, 5) is 0. The summed E-state index contributed by atoms with van der Waals surface area (Å²) in [6.45, 7) is 8.64. The molecule has 0 radical (unpaired) electrons. The van der Waals surface area contributed by atoms with Crippen LogP contribution in [0.3, 0.4) is 0 Å². The average Bonchev–Trinajstić information content (AvgIpc) is 2.49. The third kappa shape index (κ3) is 3.60. The molecule has 0 bridgehead atoms. The Kier molecular flexibility index (Phi) is 4.95. The van der Waals surface area contributed by atoms with Crippen molar-refractivity contribution in [1.82, 2.24) is 0 Å². The lowest BCUT2D eigenvalue weighted by Gasteiger charge is -2.30. The molecule has 0 aromatic heterocycles. The maximum absolute atomic E-state index is 8.03. The standard InChI is InChI=1S/C20H25N/c1-4-5-13-20(3)14-9-8-12-19(21)16(2)15-17-10-6-7-11-18(17)20/h6-12,14,21H,2,4-5,13,15H2,1,3H3/b12-8-,14-9-,21-19?. The van der Waals surface area contributed by atoms with Crippen molar-refractivity contribution in [2.24, 2.45) is 0 Å². The van der Waals surface area contributed by atoms with Gasteiger partial charge in [-0.2, -0.15) is 0 Å². The van der Waals surface area contributed by atoms with Gasteiger partial charge in [0.1, 0.15) is 0 Å². The molecule has 0 amide bonds. The number of allylic oxidation sites excluding steroid dienone is 5. The highest BCUT2D eigenvalue weighted by molar-refractivity contribution is 6.06. The lowest BCUT2D eigenvalue weighted by Crippen LogP contribution is -2.22. The number of fused-ring (bicyclic) bond motifs is 1. The zero-order valence-corrected chi connectivity index (χ0v) is 13.2. The summed E-state index contributed by atoms with van der Waals surface area (Å²) in [6, 6.07) is 8.61. The van der Waals surface area contributed by atoms with E-state index in [0.717, 1.165) is 18.4 Å². The number of nitrogens with one attached hydrogen (secondary N) is 1. The van der Waals surface area contributed by atoms with Gasteiger partial charge in [-0.15, -0.1) is 0 Å². The van der Waals surface area contributed by atoms with Gasteiger partial charge in [0.15, 0.2) is 0 Å². The van der Waals surface area contributed by atoms with Crippen LogP contribution in [-0.2, 0) is 11.8 Å². The Labute approximate surface area is 128 Å². The molecule has 2 rings (SSSR count). The minimum atomic E-state index is 0.0523. The van der Waals surface area contributed by atoms with Gasteiger partial charge in [-0.3, -0.25) is 0 Å². The fourth-order valence-corrected chi connectivity index (χ4v) is 2.95. The SMILES string of the molecule is C=C1Cc2ccccc2C(C)(CCCC)/C=C\C=C/C1=N. The van der Waals surface area contributed by atoms with Crippen molar-refractivity contribution < 1.29 is 0 Å². The maximum atomic E-state index is 8.03. The van der Waals surface area contributed by atoms with E-state index in [2.05, 4.69) is 56.8 Å². The molecule has 1 N–H and O–H groups in total. The highest BCUT2D eigenvalue weighted by Gasteiger charge is 2.25. The number of rotatable bonds is 3. The van der Waals surface area contributed by atoms with E-state index in [-0.39, 0.29) is 5.41 Å². The monoisotopic (exact) mass is 279 g/mol. The summed E-state index contributed by atoms with van der Waals surface area (Å²) in [5.41, 5.74) is 4.12. The van der Waals surface area contributed by atoms with Crippen LogP contribution in [0.5, 0.6) is 0 Å². The maximum Gasteiger partial charge on any atom is 0.0569 e. The van der Waals surface area contributed by atoms with Crippen LogP contribution in [0, 0.1) is 5.41 Å². The van der Waals surface area contributed by atoms with Gasteiger partial charge in [-0.05, 0) is 35.6 Å². The third-order valence-corrected chi connectivity index (χ3v) is 4.31. The third-order valence-electron chi connectivity index (χ3n) is 4.31. The normalized spacial score (nSPS) is 25.2. The molecule has 0 heterocycles. The molecule has 110 valence electrons. The van der Waals surface area contributed by atoms with Crippen molar-refractivity contribution in [2.75, 3.05) is 0 Å². The van der Waals surface area contributed by atoms with Crippen molar-refractivity contribution in [3.05, 3.63) is 71.8 Å². The van der Waals surface area contributed by atoms with E-state index in [1.54, 1.807) is 0 Å². The summed E-state index contributed by atoms with van der Waals surface area (Å²) >= 11 is 0. The van der Waals surface area contributed by atoms with Gasteiger partial charge in [0.25, 0.3) is 0 Å². The van der Waals surface area contributed by atoms with E-state index < -0.39 is 0 Å². The first-order valence-electron chi connectivity index (χ1n) is 7.78. The summed E-state index contributed by atoms with van der Waals surface area (Å²) < 4.78 is 0. The molecule has 1 atom stereocenters. The number of unbranched alkanes of at least 4 members (excludes halogenated alkanes) is 1. The Hall–Kier alpha value is -1.89. The molecule has 1 aliphatic carbocycles. The van der Waals surface area contributed by atoms with Crippen LogP contribution < -0.4 is 0 Å². The minimum Gasteiger partial charge on any atom is -0.301 e. The zero-order valence-electron chi connectivity index (χ0n) is 13.2. The van der Waals surface area contributed by atoms with E-state index in [0.29, 0.717) is 5.71 Å². The van der Waals surface area contributed by atoms with Gasteiger partial charge < -0.3 is 5.41 Å². The van der Waals surface area contributed by atoms with Crippen molar-refractivity contribution >= 4 is 5.71 Å². The van der Waals surface area contributed by atoms with Crippen LogP contribution in [0.15, 0.2) is 60.7 Å². The van der Waals surface area contributed by atoms with Gasteiger partial charge in [0, 0.05) is 5.41 Å². The summed E-state index contributed by atoms with van der Waals surface area (Å²) in [7, 11) is 0. The van der Waals surface area contributed by atoms with E-state index in [9.17, 15) is 0 Å². The van der Waals surface area contributed by atoms with Gasteiger partial charge in [-0.1, -0.05) is 75.8 Å². The lowest BCUT2D eigenvalue weighted by atomic mass is 9.74. The largest absolute Gasteiger partial charge is 0.301 e. The number of hydrogen-bond donors (Lipinski definition) is 1. The van der Waals surface area contributed by atoms with Crippen LogP contribution in [-0.4, -0.2) is 5.71 Å². The molecular weight excluding hydrogens is 254 g/mol. The number of benzene rings is 1. The molecule has 1 aliphatic rings. The molecule has 0 fully saturated rings. The van der Waals surface area contributed by atoms with E-state index >= 15 is 0 Å². The molecule has 1 aromatic rings. The molecule has 0 aliphatic heterocycles. The molecule has 0 saturated carbocycles. The predicted molar refractivity (Wildman–Crippen MR) is 92.2 cm³/mol. The molecule has 1 nitrogen and oxygen atoms in total. The van der Waals surface area contributed by atoms with Crippen LogP contribution in [0.2, 0.25) is 0 Å². The molecular formula is C20H25N. The quantitative estimate of drug-likeness (QED) is 0.768. The second-order valence-electron chi connectivity index (χ2n) is 6.09. The fourth-order valence-electron chi connectivity index (χ4n) is 2.95. The smallest absolute Gasteiger partial charge is 0.0569 e. The summed E-state index contributed by atoms with van der Waals surface area (Å²) in [5, 5.41) is 8.03. The van der Waals surface area contributed by atoms with Gasteiger partial charge in [0.05, 0.1) is 5.71 Å². The van der Waals surface area contributed by atoms with Crippen LogP contribution >= 0.6 is 0 Å². The van der Waals surface area contributed by atoms with Crippen molar-refractivity contribution in [3.63, 3.8) is 0 Å². The molecule has 21 heavy (non-hydrogen) atoms. The Morgan fingerprint density at radius 1 is 1.24 bits per heavy atom. The van der Waals surface area contributed by atoms with Crippen molar-refractivity contribution in [3.8, 4) is 0 Å². The average molecular weight is 279 g/mol. The zero-order chi connectivity index (χ0) is 15.3. The highest BCUT2D eigenvalue weighted by atomic mass is 14.4. The molecule has 1 heteroatoms. The Morgan fingerprint density at radius 3 is 2.76 bits per heavy atom. The fraction of sp³-hybridized carbons (Fsp3) is 0.350. The number of hydrogen-bond acceptors (Lipinski definition) is 1. The van der Waals surface area contributed by atoms with Crippen molar-refractivity contribution in [1.29, 1.82) is 5.41 Å². The minimum absolute atomic E-state index is 0.0523. The second kappa shape index (κ2) is 6.71.